The van der Waals surface area contributed by atoms with Gasteiger partial charge in [-0.3, -0.25) is 6.08 Å². The van der Waals surface area contributed by atoms with Crippen LogP contribution in [0.1, 0.15) is 48.9 Å². The number of hydrogen-bond donors (Lipinski definition) is 0. The van der Waals surface area contributed by atoms with E-state index in [0.29, 0.717) is 5.92 Å². The van der Waals surface area contributed by atoms with Crippen LogP contribution in [-0.2, 0) is 21.7 Å². The molecule has 31 heavy (non-hydrogen) atoms. The van der Waals surface area contributed by atoms with E-state index in [1.807, 2.05) is 0 Å². The minimum absolute atomic E-state index is 0. The topological polar surface area (TPSA) is 0 Å². The van der Waals surface area contributed by atoms with Crippen LogP contribution in [0, 0.1) is 39.7 Å². The summed E-state index contributed by atoms with van der Waals surface area (Å²) in [6.07, 6.45) is 8.33. The Bertz CT molecular complexity index is 842. The smallest absolute Gasteiger partial charge is 1.00 e. The van der Waals surface area contributed by atoms with Crippen LogP contribution in [0.4, 0.5) is 0 Å². The van der Waals surface area contributed by atoms with Gasteiger partial charge in [0.1, 0.15) is 0 Å². The van der Waals surface area contributed by atoms with Gasteiger partial charge in [-0.25, -0.2) is 5.57 Å². The summed E-state index contributed by atoms with van der Waals surface area (Å²) in [5.41, 5.74) is 6.94. The van der Waals surface area contributed by atoms with Crippen molar-refractivity contribution in [2.24, 2.45) is 5.92 Å². The average molecular weight is 528 g/mol. The second-order valence-corrected chi connectivity index (χ2v) is 12.5. The second kappa shape index (κ2) is 13.4. The number of aryl methyl sites for hydroxylation is 4. The van der Waals surface area contributed by atoms with Crippen molar-refractivity contribution in [1.82, 2.24) is 0 Å². The molecule has 0 radical (unpaired) electrons. The fourth-order valence-corrected chi connectivity index (χ4v) is 8.99. The van der Waals surface area contributed by atoms with Gasteiger partial charge >= 0.3 is 21.7 Å². The molecule has 0 N–H and O–H groups in total. The van der Waals surface area contributed by atoms with Crippen LogP contribution in [0.25, 0.3) is 0 Å². The first kappa shape index (κ1) is 32.9. The third kappa shape index (κ3) is 6.86. The SMILES string of the molecule is CCC(C)C1=[C-]CC=C1[Si](C)(c1cc(C)cc(C)c1)c1cc(C)cc(C)c1.[Cl-].[Cl-].[Cl-].[Ti+4]. The molecule has 0 fully saturated rings. The Morgan fingerprint density at radius 2 is 1.19 bits per heavy atom. The van der Waals surface area contributed by atoms with Gasteiger partial charge in [0.2, 0.25) is 0 Å². The Hall–Kier alpha value is -0.279. The normalized spacial score (nSPS) is 13.5. The third-order valence-corrected chi connectivity index (χ3v) is 10.6. The standard InChI is InChI=1S/C26H33Si.3ClH.Ti/c1-8-22(6)25-10-9-11-26(25)27(7,23-14-18(2)12-19(3)15-23)24-16-20(4)13-21(5)17-24;;;;/h11-17,22H,8-9H2,1-7H3;3*1H;/q-1;;;;+4/p-3. The van der Waals surface area contributed by atoms with E-state index >= 15 is 0 Å². The fourth-order valence-electron chi connectivity index (χ4n) is 4.59. The van der Waals surface area contributed by atoms with Gasteiger partial charge in [0.25, 0.3) is 0 Å². The van der Waals surface area contributed by atoms with E-state index in [0.717, 1.165) is 6.42 Å². The molecule has 0 saturated carbocycles. The van der Waals surface area contributed by atoms with E-state index in [4.69, 9.17) is 0 Å². The maximum Gasteiger partial charge on any atom is 4.00 e. The quantitative estimate of drug-likeness (QED) is 0.284. The molecule has 1 aliphatic rings. The summed E-state index contributed by atoms with van der Waals surface area (Å²) < 4.78 is 0. The summed E-state index contributed by atoms with van der Waals surface area (Å²) in [6.45, 7) is 16.1. The minimum atomic E-state index is -2.07. The molecule has 2 aromatic rings. The van der Waals surface area contributed by atoms with Gasteiger partial charge < -0.3 is 37.2 Å². The summed E-state index contributed by atoms with van der Waals surface area (Å²) >= 11 is 0. The van der Waals surface area contributed by atoms with Crippen LogP contribution < -0.4 is 47.6 Å². The first-order valence-electron chi connectivity index (χ1n) is 10.2. The van der Waals surface area contributed by atoms with Crippen LogP contribution in [0.3, 0.4) is 0 Å². The molecule has 166 valence electrons. The van der Waals surface area contributed by atoms with Crippen LogP contribution >= 0.6 is 0 Å². The van der Waals surface area contributed by atoms with Crippen LogP contribution in [0.2, 0.25) is 6.55 Å². The fraction of sp³-hybridized carbons (Fsp3) is 0.385. The maximum atomic E-state index is 3.72. The van der Waals surface area contributed by atoms with Crippen molar-refractivity contribution in [1.29, 1.82) is 0 Å². The van der Waals surface area contributed by atoms with E-state index in [-0.39, 0.29) is 58.9 Å². The summed E-state index contributed by atoms with van der Waals surface area (Å²) in [5.74, 6) is 0.572. The summed E-state index contributed by atoms with van der Waals surface area (Å²) in [4.78, 5) is 0. The number of rotatable bonds is 5. The Labute approximate surface area is 224 Å². The van der Waals surface area contributed by atoms with Crippen molar-refractivity contribution in [2.75, 3.05) is 0 Å². The molecule has 0 spiro atoms. The predicted molar refractivity (Wildman–Crippen MR) is 122 cm³/mol. The van der Waals surface area contributed by atoms with Crippen molar-refractivity contribution in [3.63, 3.8) is 0 Å². The minimum Gasteiger partial charge on any atom is -1.00 e. The molecule has 0 saturated heterocycles. The number of allylic oxidation sites excluding steroid dienone is 4. The Balaban J connectivity index is 0. The van der Waals surface area contributed by atoms with Crippen molar-refractivity contribution < 1.29 is 58.9 Å². The summed E-state index contributed by atoms with van der Waals surface area (Å²) in [6, 6.07) is 14.3. The molecule has 0 bridgehead atoms. The molecular formula is C26H33Cl3SiTi. The third-order valence-electron chi connectivity index (χ3n) is 6.13. The van der Waals surface area contributed by atoms with Gasteiger partial charge in [-0.2, -0.15) is 11.3 Å². The predicted octanol–water partition coefficient (Wildman–Crippen LogP) is -3.23. The molecule has 0 nitrogen and oxygen atoms in total. The molecule has 1 unspecified atom stereocenters. The Kier molecular flexibility index (Phi) is 14.3. The molecule has 1 atom stereocenters. The van der Waals surface area contributed by atoms with Crippen molar-refractivity contribution in [2.45, 2.75) is 60.9 Å². The van der Waals surface area contributed by atoms with Gasteiger partial charge in [-0.05, 0) is 27.7 Å². The van der Waals surface area contributed by atoms with E-state index < -0.39 is 8.07 Å². The zero-order valence-corrected chi connectivity index (χ0v) is 24.5. The zero-order valence-electron chi connectivity index (χ0n) is 19.7. The molecular weight excluding hydrogens is 495 g/mol. The van der Waals surface area contributed by atoms with E-state index in [1.54, 1.807) is 5.20 Å². The molecule has 3 rings (SSSR count). The summed E-state index contributed by atoms with van der Waals surface area (Å²) in [5, 5.41) is 4.65. The number of halogens is 3. The molecule has 5 heteroatoms. The van der Waals surface area contributed by atoms with E-state index in [9.17, 15) is 0 Å². The Morgan fingerprint density at radius 3 is 1.55 bits per heavy atom. The zero-order chi connectivity index (χ0) is 19.8. The molecule has 0 amide bonds. The second-order valence-electron chi connectivity index (χ2n) is 8.60. The van der Waals surface area contributed by atoms with Crippen molar-refractivity contribution in [3.05, 3.63) is 81.6 Å². The molecule has 0 heterocycles. The van der Waals surface area contributed by atoms with Gasteiger partial charge in [0, 0.05) is 0 Å². The molecule has 0 aromatic heterocycles. The molecule has 2 aromatic carbocycles. The van der Waals surface area contributed by atoms with Crippen LogP contribution in [0.5, 0.6) is 0 Å². The first-order chi connectivity index (χ1) is 12.8. The van der Waals surface area contributed by atoms with Gasteiger partial charge in [-0.1, -0.05) is 102 Å². The van der Waals surface area contributed by atoms with Crippen LogP contribution in [-0.4, -0.2) is 8.07 Å². The average Bonchev–Trinajstić information content (AvgIpc) is 3.08. The first-order valence-corrected chi connectivity index (χ1v) is 12.7. The van der Waals surface area contributed by atoms with Crippen molar-refractivity contribution >= 4 is 18.4 Å². The monoisotopic (exact) mass is 526 g/mol. The maximum absolute atomic E-state index is 3.72. The summed E-state index contributed by atoms with van der Waals surface area (Å²) in [7, 11) is -2.07. The van der Waals surface area contributed by atoms with Gasteiger partial charge in [-0.15, -0.1) is 6.42 Å². The van der Waals surface area contributed by atoms with Gasteiger partial charge in [0.15, 0.2) is 0 Å². The molecule has 0 aliphatic heterocycles. The van der Waals surface area contributed by atoms with E-state index in [1.165, 1.54) is 44.6 Å². The van der Waals surface area contributed by atoms with Crippen LogP contribution in [0.15, 0.2) is 53.2 Å². The number of hydrogen-bond acceptors (Lipinski definition) is 0. The van der Waals surface area contributed by atoms with E-state index in [2.05, 4.69) is 96.6 Å². The van der Waals surface area contributed by atoms with Gasteiger partial charge in [0.05, 0.1) is 8.07 Å². The molecule has 1 aliphatic carbocycles. The number of benzene rings is 2. The largest absolute Gasteiger partial charge is 4.00 e. The Morgan fingerprint density at radius 1 is 0.806 bits per heavy atom. The van der Waals surface area contributed by atoms with Crippen molar-refractivity contribution in [3.8, 4) is 0 Å².